The first-order chi connectivity index (χ1) is 9.24. The van der Waals surface area contributed by atoms with Crippen LogP contribution in [0.1, 0.15) is 0 Å². The van der Waals surface area contributed by atoms with E-state index in [9.17, 15) is 4.79 Å². The predicted octanol–water partition coefficient (Wildman–Crippen LogP) is 0.979. The number of imidazole rings is 1. The summed E-state index contributed by atoms with van der Waals surface area (Å²) < 4.78 is 1.63. The standard InChI is InChI=1S/C13H11N5O/c14-11(19)7-18-8-16-13-10(18)6-15-12(17-13)9-4-2-1-3-5-9/h1-6,8H,7H2,(H2,14,19). The van der Waals surface area contributed by atoms with E-state index in [4.69, 9.17) is 5.73 Å². The van der Waals surface area contributed by atoms with Crippen molar-refractivity contribution in [3.8, 4) is 11.4 Å². The van der Waals surface area contributed by atoms with Crippen molar-refractivity contribution in [2.45, 2.75) is 6.54 Å². The molecule has 2 aromatic heterocycles. The van der Waals surface area contributed by atoms with Crippen LogP contribution in [-0.2, 0) is 11.3 Å². The second-order valence-corrected chi connectivity index (χ2v) is 4.11. The fourth-order valence-corrected chi connectivity index (χ4v) is 1.87. The van der Waals surface area contributed by atoms with E-state index in [1.165, 1.54) is 0 Å². The molecule has 0 saturated heterocycles. The molecule has 0 bridgehead atoms. The Kier molecular flexibility index (Phi) is 2.68. The Bertz CT molecular complexity index is 735. The molecular weight excluding hydrogens is 242 g/mol. The number of benzene rings is 1. The lowest BCUT2D eigenvalue weighted by molar-refractivity contribution is -0.118. The third kappa shape index (κ3) is 2.15. The van der Waals surface area contributed by atoms with Crippen LogP contribution in [0.4, 0.5) is 0 Å². The maximum absolute atomic E-state index is 10.9. The van der Waals surface area contributed by atoms with Gasteiger partial charge in [0.2, 0.25) is 5.91 Å². The van der Waals surface area contributed by atoms with E-state index >= 15 is 0 Å². The molecule has 0 saturated carbocycles. The zero-order chi connectivity index (χ0) is 13.2. The number of nitrogens with zero attached hydrogens (tertiary/aromatic N) is 4. The van der Waals surface area contributed by atoms with Gasteiger partial charge < -0.3 is 10.3 Å². The van der Waals surface area contributed by atoms with Crippen LogP contribution >= 0.6 is 0 Å². The van der Waals surface area contributed by atoms with E-state index in [0.29, 0.717) is 17.0 Å². The predicted molar refractivity (Wildman–Crippen MR) is 70.0 cm³/mol. The number of hydrogen-bond donors (Lipinski definition) is 1. The Morgan fingerprint density at radius 3 is 2.74 bits per heavy atom. The van der Waals surface area contributed by atoms with E-state index in [1.54, 1.807) is 17.1 Å². The minimum atomic E-state index is -0.425. The smallest absolute Gasteiger partial charge is 0.237 e. The molecule has 2 N–H and O–H groups in total. The third-order valence-electron chi connectivity index (χ3n) is 2.74. The number of hydrogen-bond acceptors (Lipinski definition) is 4. The van der Waals surface area contributed by atoms with Crippen molar-refractivity contribution in [2.75, 3.05) is 0 Å². The second kappa shape index (κ2) is 4.49. The maximum atomic E-state index is 10.9. The van der Waals surface area contributed by atoms with Gasteiger partial charge in [-0.15, -0.1) is 0 Å². The van der Waals surface area contributed by atoms with Crippen molar-refractivity contribution in [1.29, 1.82) is 0 Å². The molecule has 94 valence electrons. The number of carbonyl (C=O) groups is 1. The Morgan fingerprint density at radius 2 is 2.00 bits per heavy atom. The van der Waals surface area contributed by atoms with Crippen LogP contribution < -0.4 is 5.73 Å². The van der Waals surface area contributed by atoms with Gasteiger partial charge in [0.25, 0.3) is 0 Å². The number of rotatable bonds is 3. The first kappa shape index (κ1) is 11.3. The molecule has 0 unspecified atom stereocenters. The van der Waals surface area contributed by atoms with Crippen molar-refractivity contribution in [1.82, 2.24) is 19.5 Å². The highest BCUT2D eigenvalue weighted by Crippen LogP contribution is 2.17. The van der Waals surface area contributed by atoms with Crippen LogP contribution in [0.2, 0.25) is 0 Å². The lowest BCUT2D eigenvalue weighted by Crippen LogP contribution is -2.18. The van der Waals surface area contributed by atoms with E-state index in [1.807, 2.05) is 30.3 Å². The number of nitrogens with two attached hydrogens (primary N) is 1. The zero-order valence-electron chi connectivity index (χ0n) is 10.0. The molecule has 19 heavy (non-hydrogen) atoms. The first-order valence-electron chi connectivity index (χ1n) is 5.75. The molecule has 1 aromatic carbocycles. The number of fused-ring (bicyclic) bond motifs is 1. The summed E-state index contributed by atoms with van der Waals surface area (Å²) in [6.45, 7) is 0.0740. The van der Waals surface area contributed by atoms with Crippen LogP contribution in [0.5, 0.6) is 0 Å². The Balaban J connectivity index is 2.06. The minimum absolute atomic E-state index is 0.0740. The van der Waals surface area contributed by atoms with Gasteiger partial charge in [-0.3, -0.25) is 4.79 Å². The lowest BCUT2D eigenvalue weighted by Gasteiger charge is -2.01. The van der Waals surface area contributed by atoms with Crippen molar-refractivity contribution >= 4 is 17.1 Å². The molecule has 0 atom stereocenters. The lowest BCUT2D eigenvalue weighted by atomic mass is 10.2. The molecule has 2 heterocycles. The van der Waals surface area contributed by atoms with Gasteiger partial charge in [-0.1, -0.05) is 30.3 Å². The number of aromatic nitrogens is 4. The number of amides is 1. The van der Waals surface area contributed by atoms with Gasteiger partial charge in [-0.2, -0.15) is 0 Å². The third-order valence-corrected chi connectivity index (χ3v) is 2.74. The topological polar surface area (TPSA) is 86.7 Å². The fraction of sp³-hybridized carbons (Fsp3) is 0.0769. The summed E-state index contributed by atoms with van der Waals surface area (Å²) in [5.74, 6) is 0.184. The number of primary amides is 1. The van der Waals surface area contributed by atoms with Crippen LogP contribution in [0.25, 0.3) is 22.6 Å². The summed E-state index contributed by atoms with van der Waals surface area (Å²) in [4.78, 5) is 23.8. The maximum Gasteiger partial charge on any atom is 0.237 e. The van der Waals surface area contributed by atoms with Crippen LogP contribution in [-0.4, -0.2) is 25.4 Å². The van der Waals surface area contributed by atoms with Gasteiger partial charge in [-0.05, 0) is 0 Å². The van der Waals surface area contributed by atoms with Crippen molar-refractivity contribution in [2.24, 2.45) is 5.73 Å². The van der Waals surface area contributed by atoms with Crippen LogP contribution in [0.15, 0.2) is 42.9 Å². The molecule has 0 spiro atoms. The average Bonchev–Trinajstić information content (AvgIpc) is 2.81. The molecule has 3 rings (SSSR count). The van der Waals surface area contributed by atoms with Gasteiger partial charge in [0.1, 0.15) is 12.1 Å². The summed E-state index contributed by atoms with van der Waals surface area (Å²) >= 11 is 0. The summed E-state index contributed by atoms with van der Waals surface area (Å²) in [6.07, 6.45) is 3.19. The molecule has 0 aliphatic heterocycles. The Hall–Kier alpha value is -2.76. The largest absolute Gasteiger partial charge is 0.368 e. The molecular formula is C13H11N5O. The van der Waals surface area contributed by atoms with E-state index in [2.05, 4.69) is 15.0 Å². The monoisotopic (exact) mass is 253 g/mol. The van der Waals surface area contributed by atoms with Crippen molar-refractivity contribution in [3.63, 3.8) is 0 Å². The molecule has 0 fully saturated rings. The van der Waals surface area contributed by atoms with E-state index < -0.39 is 5.91 Å². The van der Waals surface area contributed by atoms with Gasteiger partial charge in [0.15, 0.2) is 11.5 Å². The fourth-order valence-electron chi connectivity index (χ4n) is 1.87. The molecule has 6 heteroatoms. The molecule has 0 aliphatic rings. The molecule has 6 nitrogen and oxygen atoms in total. The SMILES string of the molecule is NC(=O)Cn1cnc2nc(-c3ccccc3)ncc21. The normalized spacial score (nSPS) is 10.7. The molecule has 0 aliphatic carbocycles. The van der Waals surface area contributed by atoms with Crippen LogP contribution in [0, 0.1) is 0 Å². The highest BCUT2D eigenvalue weighted by atomic mass is 16.1. The Morgan fingerprint density at radius 1 is 1.21 bits per heavy atom. The average molecular weight is 253 g/mol. The Labute approximate surface area is 108 Å². The number of carbonyl (C=O) groups excluding carboxylic acids is 1. The molecule has 3 aromatic rings. The first-order valence-corrected chi connectivity index (χ1v) is 5.75. The molecule has 1 amide bonds. The minimum Gasteiger partial charge on any atom is -0.368 e. The zero-order valence-corrected chi connectivity index (χ0v) is 10.0. The van der Waals surface area contributed by atoms with Crippen molar-refractivity contribution in [3.05, 3.63) is 42.9 Å². The van der Waals surface area contributed by atoms with Gasteiger partial charge >= 0.3 is 0 Å². The van der Waals surface area contributed by atoms with Crippen molar-refractivity contribution < 1.29 is 4.79 Å². The van der Waals surface area contributed by atoms with Gasteiger partial charge in [-0.25, -0.2) is 15.0 Å². The summed E-state index contributed by atoms with van der Waals surface area (Å²) in [6, 6.07) is 9.65. The highest BCUT2D eigenvalue weighted by molar-refractivity contribution is 5.78. The quantitative estimate of drug-likeness (QED) is 0.753. The van der Waals surface area contributed by atoms with E-state index in [0.717, 1.165) is 5.56 Å². The highest BCUT2D eigenvalue weighted by Gasteiger charge is 2.08. The van der Waals surface area contributed by atoms with E-state index in [-0.39, 0.29) is 6.54 Å². The summed E-state index contributed by atoms with van der Waals surface area (Å²) in [5.41, 5.74) is 7.34. The van der Waals surface area contributed by atoms with Gasteiger partial charge in [0.05, 0.1) is 12.5 Å². The van der Waals surface area contributed by atoms with Crippen LogP contribution in [0.3, 0.4) is 0 Å². The second-order valence-electron chi connectivity index (χ2n) is 4.11. The summed E-state index contributed by atoms with van der Waals surface area (Å²) in [7, 11) is 0. The molecule has 0 radical (unpaired) electrons. The van der Waals surface area contributed by atoms with Gasteiger partial charge in [0, 0.05) is 5.56 Å². The summed E-state index contributed by atoms with van der Waals surface area (Å²) in [5, 5.41) is 0.